The summed E-state index contributed by atoms with van der Waals surface area (Å²) in [5.74, 6) is -0.255. The van der Waals surface area contributed by atoms with E-state index in [0.717, 1.165) is 5.56 Å². The largest absolute Gasteiger partial charge is 0.441 e. The van der Waals surface area contributed by atoms with Crippen LogP contribution >= 0.6 is 11.8 Å². The normalized spacial score (nSPS) is 13.8. The molecule has 0 saturated carbocycles. The summed E-state index contributed by atoms with van der Waals surface area (Å²) in [6.07, 6.45) is 0. The number of benzene rings is 1. The Morgan fingerprint density at radius 2 is 1.74 bits per heavy atom. The fraction of sp³-hybridized carbons (Fsp3) is 0.538. The van der Waals surface area contributed by atoms with Gasteiger partial charge >= 0.3 is 5.51 Å². The second-order valence-electron chi connectivity index (χ2n) is 4.61. The van der Waals surface area contributed by atoms with E-state index in [1.165, 1.54) is 12.1 Å². The van der Waals surface area contributed by atoms with Crippen molar-refractivity contribution >= 4 is 11.8 Å². The Hall–Kier alpha value is -0.750. The highest BCUT2D eigenvalue weighted by Crippen LogP contribution is 2.31. The molecule has 1 atom stereocenters. The van der Waals surface area contributed by atoms with Crippen molar-refractivity contribution in [3.63, 3.8) is 0 Å². The van der Waals surface area contributed by atoms with E-state index in [2.05, 4.69) is 5.32 Å². The highest BCUT2D eigenvalue weighted by atomic mass is 32.2. The summed E-state index contributed by atoms with van der Waals surface area (Å²) in [6, 6.07) is 5.68. The molecular weight excluding hydrogens is 278 g/mol. The van der Waals surface area contributed by atoms with E-state index in [9.17, 15) is 17.6 Å². The van der Waals surface area contributed by atoms with E-state index < -0.39 is 5.51 Å². The number of rotatable bonds is 6. The maximum Gasteiger partial charge on any atom is 0.441 e. The molecule has 0 aromatic heterocycles. The second-order valence-corrected chi connectivity index (χ2v) is 5.70. The van der Waals surface area contributed by atoms with Crippen LogP contribution in [0.25, 0.3) is 0 Å². The monoisotopic (exact) mass is 295 g/mol. The molecule has 0 aliphatic rings. The minimum atomic E-state index is -4.20. The van der Waals surface area contributed by atoms with E-state index in [1.807, 2.05) is 13.8 Å². The third-order valence-electron chi connectivity index (χ3n) is 2.71. The zero-order valence-corrected chi connectivity index (χ0v) is 11.6. The molecule has 1 aromatic rings. The molecule has 0 heterocycles. The summed E-state index contributed by atoms with van der Waals surface area (Å²) >= 11 is -0.0149. The molecule has 0 spiro atoms. The summed E-state index contributed by atoms with van der Waals surface area (Å²) in [6.45, 7) is 4.18. The van der Waals surface area contributed by atoms with Gasteiger partial charge in [-0.05, 0) is 35.4 Å². The maximum absolute atomic E-state index is 12.7. The van der Waals surface area contributed by atoms with Gasteiger partial charge in [0.2, 0.25) is 0 Å². The molecule has 0 fully saturated rings. The number of alkyl halides is 3. The van der Waals surface area contributed by atoms with E-state index in [4.69, 9.17) is 0 Å². The highest BCUT2D eigenvalue weighted by molar-refractivity contribution is 8.00. The Balaban J connectivity index is 2.47. The zero-order valence-electron chi connectivity index (χ0n) is 10.8. The number of thioether (sulfide) groups is 1. The smallest absolute Gasteiger partial charge is 0.309 e. The van der Waals surface area contributed by atoms with Crippen molar-refractivity contribution in [3.8, 4) is 0 Å². The van der Waals surface area contributed by atoms with Gasteiger partial charge in [0.25, 0.3) is 0 Å². The third kappa shape index (κ3) is 6.82. The molecule has 6 heteroatoms. The van der Waals surface area contributed by atoms with Gasteiger partial charge in [-0.3, -0.25) is 0 Å². The van der Waals surface area contributed by atoms with E-state index >= 15 is 0 Å². The lowest BCUT2D eigenvalue weighted by molar-refractivity contribution is -0.0329. The number of halogens is 4. The van der Waals surface area contributed by atoms with Crippen molar-refractivity contribution in [3.05, 3.63) is 35.6 Å². The molecule has 1 unspecified atom stereocenters. The van der Waals surface area contributed by atoms with Crippen LogP contribution in [0.15, 0.2) is 24.3 Å². The SMILES string of the molecule is CC(C)C(CSC(F)(F)F)NCc1ccc(F)cc1. The molecule has 1 rings (SSSR count). The first-order chi connectivity index (χ1) is 8.78. The van der Waals surface area contributed by atoms with Crippen LogP contribution in [0.2, 0.25) is 0 Å². The summed E-state index contributed by atoms with van der Waals surface area (Å²) in [5.41, 5.74) is -3.35. The number of nitrogens with one attached hydrogen (secondary N) is 1. The van der Waals surface area contributed by atoms with E-state index in [-0.39, 0.29) is 35.3 Å². The molecule has 19 heavy (non-hydrogen) atoms. The molecule has 0 aliphatic carbocycles. The number of hydrogen-bond acceptors (Lipinski definition) is 2. The summed E-state index contributed by atoms with van der Waals surface area (Å²) < 4.78 is 49.3. The standard InChI is InChI=1S/C13H17F4NS/c1-9(2)12(8-19-13(15,16)17)18-7-10-3-5-11(14)6-4-10/h3-6,9,12,18H,7-8H2,1-2H3. The van der Waals surface area contributed by atoms with Gasteiger partial charge in [-0.2, -0.15) is 13.2 Å². The average molecular weight is 295 g/mol. The highest BCUT2D eigenvalue weighted by Gasteiger charge is 2.30. The number of hydrogen-bond donors (Lipinski definition) is 1. The van der Waals surface area contributed by atoms with Gasteiger partial charge in [0, 0.05) is 18.3 Å². The zero-order chi connectivity index (χ0) is 14.5. The van der Waals surface area contributed by atoms with Crippen molar-refractivity contribution in [2.45, 2.75) is 31.9 Å². The second kappa shape index (κ2) is 7.14. The summed E-state index contributed by atoms with van der Waals surface area (Å²) in [5, 5.41) is 3.08. The Bertz CT molecular complexity index is 375. The molecule has 0 bridgehead atoms. The fourth-order valence-corrected chi connectivity index (χ4v) is 2.39. The molecular formula is C13H17F4NS. The van der Waals surface area contributed by atoms with Crippen molar-refractivity contribution in [1.82, 2.24) is 5.32 Å². The van der Waals surface area contributed by atoms with Gasteiger partial charge in [0.15, 0.2) is 0 Å². The van der Waals surface area contributed by atoms with Crippen LogP contribution in [0.3, 0.4) is 0 Å². The third-order valence-corrected chi connectivity index (χ3v) is 3.57. The predicted molar refractivity (Wildman–Crippen MR) is 70.4 cm³/mol. The molecule has 108 valence electrons. The molecule has 1 aromatic carbocycles. The lowest BCUT2D eigenvalue weighted by atomic mass is 10.1. The van der Waals surface area contributed by atoms with Crippen molar-refractivity contribution in [1.29, 1.82) is 0 Å². The van der Waals surface area contributed by atoms with Crippen LogP contribution in [0.1, 0.15) is 19.4 Å². The van der Waals surface area contributed by atoms with Crippen LogP contribution in [0.4, 0.5) is 17.6 Å². The van der Waals surface area contributed by atoms with Crippen LogP contribution in [0.5, 0.6) is 0 Å². The van der Waals surface area contributed by atoms with Crippen molar-refractivity contribution in [2.75, 3.05) is 5.75 Å². The maximum atomic E-state index is 12.7. The first-order valence-corrected chi connectivity index (χ1v) is 6.95. The summed E-state index contributed by atoms with van der Waals surface area (Å²) in [7, 11) is 0. The summed E-state index contributed by atoms with van der Waals surface area (Å²) in [4.78, 5) is 0. The lowest BCUT2D eigenvalue weighted by Crippen LogP contribution is -2.36. The minimum Gasteiger partial charge on any atom is -0.309 e. The van der Waals surface area contributed by atoms with Crippen molar-refractivity contribution in [2.24, 2.45) is 5.92 Å². The lowest BCUT2D eigenvalue weighted by Gasteiger charge is -2.22. The quantitative estimate of drug-likeness (QED) is 0.790. The molecule has 1 N–H and O–H groups in total. The van der Waals surface area contributed by atoms with Gasteiger partial charge in [-0.1, -0.05) is 26.0 Å². The molecule has 0 radical (unpaired) electrons. The van der Waals surface area contributed by atoms with Gasteiger partial charge in [-0.15, -0.1) is 0 Å². The molecule has 1 nitrogen and oxygen atoms in total. The first-order valence-electron chi connectivity index (χ1n) is 5.96. The van der Waals surface area contributed by atoms with Crippen LogP contribution in [-0.2, 0) is 6.54 Å². The van der Waals surface area contributed by atoms with Gasteiger partial charge in [0.05, 0.1) is 0 Å². The van der Waals surface area contributed by atoms with Crippen LogP contribution in [0, 0.1) is 11.7 Å². The molecule has 0 aliphatic heterocycles. The molecule has 0 saturated heterocycles. The van der Waals surface area contributed by atoms with Gasteiger partial charge in [-0.25, -0.2) is 4.39 Å². The van der Waals surface area contributed by atoms with Crippen molar-refractivity contribution < 1.29 is 17.6 Å². The first kappa shape index (κ1) is 16.3. The fourth-order valence-electron chi connectivity index (χ4n) is 1.52. The van der Waals surface area contributed by atoms with Gasteiger partial charge in [0.1, 0.15) is 5.82 Å². The molecule has 0 amide bonds. The Labute approximate surface area is 114 Å². The van der Waals surface area contributed by atoms with E-state index in [0.29, 0.717) is 6.54 Å². The topological polar surface area (TPSA) is 12.0 Å². The Morgan fingerprint density at radius 1 is 1.16 bits per heavy atom. The average Bonchev–Trinajstić information content (AvgIpc) is 2.29. The van der Waals surface area contributed by atoms with Crippen LogP contribution in [-0.4, -0.2) is 17.3 Å². The van der Waals surface area contributed by atoms with Crippen LogP contribution < -0.4 is 5.32 Å². The predicted octanol–water partition coefficient (Wildman–Crippen LogP) is 4.19. The Morgan fingerprint density at radius 3 is 2.21 bits per heavy atom. The Kier molecular flexibility index (Phi) is 6.13. The van der Waals surface area contributed by atoms with Gasteiger partial charge < -0.3 is 5.32 Å². The van der Waals surface area contributed by atoms with E-state index in [1.54, 1.807) is 12.1 Å². The minimum absolute atomic E-state index is 0.0149.